The van der Waals surface area contributed by atoms with Crippen LogP contribution < -0.4 is 5.73 Å². The van der Waals surface area contributed by atoms with Crippen LogP contribution in [0.4, 0.5) is 4.39 Å². The van der Waals surface area contributed by atoms with Gasteiger partial charge in [-0.05, 0) is 42.9 Å². The summed E-state index contributed by atoms with van der Waals surface area (Å²) in [5.41, 5.74) is 7.08. The van der Waals surface area contributed by atoms with Crippen molar-refractivity contribution in [3.63, 3.8) is 0 Å². The maximum Gasteiger partial charge on any atom is 0.124 e. The molecule has 2 aliphatic rings. The predicted octanol–water partition coefficient (Wildman–Crippen LogP) is 3.03. The zero-order chi connectivity index (χ0) is 13.7. The topological polar surface area (TPSA) is 42.1 Å². The van der Waals surface area contributed by atoms with Crippen molar-refractivity contribution in [3.8, 4) is 0 Å². The molecule has 2 N–H and O–H groups in total. The maximum atomic E-state index is 13.2. The van der Waals surface area contributed by atoms with E-state index in [-0.39, 0.29) is 18.2 Å². The summed E-state index contributed by atoms with van der Waals surface area (Å²) in [4.78, 5) is 7.07. The lowest BCUT2D eigenvalue weighted by atomic mass is 9.98. The highest BCUT2D eigenvalue weighted by Gasteiger charge is 2.40. The molecule has 1 saturated carbocycles. The summed E-state index contributed by atoms with van der Waals surface area (Å²) in [6, 6.07) is 5.20. The standard InChI is InChI=1S/C15H18FN3S.ClH/c16-10-2-4-13-14(5-10)20-15(18-13)8-19-6-9-1-3-12(17)11(9)7-19;/h2,4-5,9,11-12H,1,3,6-8,17H2;1H. The normalized spacial score (nSPS) is 28.8. The van der Waals surface area contributed by atoms with Gasteiger partial charge in [0.2, 0.25) is 0 Å². The molecule has 0 bridgehead atoms. The minimum atomic E-state index is -0.186. The zero-order valence-corrected chi connectivity index (χ0v) is 13.3. The number of likely N-dealkylation sites (tertiary alicyclic amines) is 1. The summed E-state index contributed by atoms with van der Waals surface area (Å²) >= 11 is 1.60. The first-order valence-corrected chi connectivity index (χ1v) is 8.03. The highest BCUT2D eigenvalue weighted by atomic mass is 35.5. The van der Waals surface area contributed by atoms with Crippen molar-refractivity contribution in [2.75, 3.05) is 13.1 Å². The number of benzene rings is 1. The molecule has 1 aromatic heterocycles. The molecule has 4 rings (SSSR count). The van der Waals surface area contributed by atoms with E-state index in [9.17, 15) is 4.39 Å². The fourth-order valence-corrected chi connectivity index (χ4v) is 4.77. The van der Waals surface area contributed by atoms with Crippen LogP contribution in [-0.4, -0.2) is 29.0 Å². The molecule has 1 aromatic carbocycles. The summed E-state index contributed by atoms with van der Waals surface area (Å²) < 4.78 is 14.1. The Hall–Kier alpha value is -0.750. The van der Waals surface area contributed by atoms with Crippen LogP contribution in [0, 0.1) is 17.7 Å². The van der Waals surface area contributed by atoms with Crippen LogP contribution in [0.15, 0.2) is 18.2 Å². The number of nitrogens with two attached hydrogens (primary N) is 1. The molecule has 0 spiro atoms. The van der Waals surface area contributed by atoms with Crippen molar-refractivity contribution in [2.45, 2.75) is 25.4 Å². The van der Waals surface area contributed by atoms with Crippen molar-refractivity contribution >= 4 is 34.0 Å². The van der Waals surface area contributed by atoms with E-state index in [4.69, 9.17) is 5.73 Å². The van der Waals surface area contributed by atoms with E-state index in [1.807, 2.05) is 0 Å². The largest absolute Gasteiger partial charge is 0.327 e. The van der Waals surface area contributed by atoms with Gasteiger partial charge in [-0.15, -0.1) is 23.7 Å². The van der Waals surface area contributed by atoms with Crippen molar-refractivity contribution in [2.24, 2.45) is 17.6 Å². The number of fused-ring (bicyclic) bond motifs is 2. The van der Waals surface area contributed by atoms with Gasteiger partial charge in [0.15, 0.2) is 0 Å². The molecule has 3 unspecified atom stereocenters. The first-order chi connectivity index (χ1) is 9.69. The van der Waals surface area contributed by atoms with Crippen LogP contribution >= 0.6 is 23.7 Å². The van der Waals surface area contributed by atoms with Gasteiger partial charge < -0.3 is 5.73 Å². The number of hydrogen-bond acceptors (Lipinski definition) is 4. The van der Waals surface area contributed by atoms with Crippen molar-refractivity contribution in [1.82, 2.24) is 9.88 Å². The second-order valence-electron chi connectivity index (χ2n) is 6.08. The monoisotopic (exact) mass is 327 g/mol. The minimum Gasteiger partial charge on any atom is -0.327 e. The molecule has 6 heteroatoms. The Kier molecular flexibility index (Phi) is 4.19. The average Bonchev–Trinajstić information content (AvgIpc) is 3.06. The summed E-state index contributed by atoms with van der Waals surface area (Å²) in [5.74, 6) is 1.26. The lowest BCUT2D eigenvalue weighted by Crippen LogP contribution is -2.30. The molecule has 2 heterocycles. The first kappa shape index (κ1) is 15.2. The Labute approximate surface area is 133 Å². The lowest BCUT2D eigenvalue weighted by Gasteiger charge is -2.16. The van der Waals surface area contributed by atoms with E-state index in [2.05, 4.69) is 9.88 Å². The van der Waals surface area contributed by atoms with Gasteiger partial charge >= 0.3 is 0 Å². The number of hydrogen-bond donors (Lipinski definition) is 1. The quantitative estimate of drug-likeness (QED) is 0.922. The van der Waals surface area contributed by atoms with E-state index in [1.165, 1.54) is 18.9 Å². The average molecular weight is 328 g/mol. The fraction of sp³-hybridized carbons (Fsp3) is 0.533. The predicted molar refractivity (Wildman–Crippen MR) is 86.3 cm³/mol. The van der Waals surface area contributed by atoms with E-state index < -0.39 is 0 Å². The molecule has 3 nitrogen and oxygen atoms in total. The SMILES string of the molecule is Cl.NC1CCC2CN(Cc3nc4ccc(F)cc4s3)CC12. The molecule has 114 valence electrons. The van der Waals surface area contributed by atoms with Gasteiger partial charge in [0, 0.05) is 19.1 Å². The first-order valence-electron chi connectivity index (χ1n) is 7.22. The Balaban J connectivity index is 0.00000132. The smallest absolute Gasteiger partial charge is 0.124 e. The van der Waals surface area contributed by atoms with Gasteiger partial charge in [-0.3, -0.25) is 4.90 Å². The molecule has 1 aliphatic heterocycles. The molecule has 21 heavy (non-hydrogen) atoms. The molecule has 1 aliphatic carbocycles. The van der Waals surface area contributed by atoms with Gasteiger partial charge in [0.1, 0.15) is 10.8 Å². The van der Waals surface area contributed by atoms with Crippen LogP contribution in [0.25, 0.3) is 10.2 Å². The Morgan fingerprint density at radius 3 is 3.00 bits per heavy atom. The third-order valence-corrected chi connectivity index (χ3v) is 5.74. The summed E-state index contributed by atoms with van der Waals surface area (Å²) in [6.45, 7) is 3.11. The number of rotatable bonds is 2. The van der Waals surface area contributed by atoms with Crippen LogP contribution in [0.1, 0.15) is 17.8 Å². The van der Waals surface area contributed by atoms with Gasteiger partial charge in [-0.25, -0.2) is 9.37 Å². The van der Waals surface area contributed by atoms with Crippen molar-refractivity contribution in [1.29, 1.82) is 0 Å². The second kappa shape index (κ2) is 5.80. The number of aromatic nitrogens is 1. The number of thiazole rings is 1. The zero-order valence-electron chi connectivity index (χ0n) is 11.7. The van der Waals surface area contributed by atoms with Gasteiger partial charge in [0.25, 0.3) is 0 Å². The molecule has 3 atom stereocenters. The highest BCUT2D eigenvalue weighted by molar-refractivity contribution is 7.18. The highest BCUT2D eigenvalue weighted by Crippen LogP contribution is 2.38. The van der Waals surface area contributed by atoms with Gasteiger partial charge in [-0.1, -0.05) is 0 Å². The van der Waals surface area contributed by atoms with E-state index >= 15 is 0 Å². The van der Waals surface area contributed by atoms with Gasteiger partial charge in [0.05, 0.1) is 16.8 Å². The van der Waals surface area contributed by atoms with E-state index in [1.54, 1.807) is 23.5 Å². The van der Waals surface area contributed by atoms with E-state index in [0.717, 1.165) is 40.8 Å². The lowest BCUT2D eigenvalue weighted by molar-refractivity contribution is 0.298. The second-order valence-corrected chi connectivity index (χ2v) is 7.19. The molecule has 2 aromatic rings. The third kappa shape index (κ3) is 2.80. The maximum absolute atomic E-state index is 13.2. The van der Waals surface area contributed by atoms with Gasteiger partial charge in [-0.2, -0.15) is 0 Å². The summed E-state index contributed by atoms with van der Waals surface area (Å²) in [5, 5.41) is 1.08. The Morgan fingerprint density at radius 1 is 1.33 bits per heavy atom. The molecule has 1 saturated heterocycles. The van der Waals surface area contributed by atoms with Crippen molar-refractivity contribution in [3.05, 3.63) is 29.0 Å². The fourth-order valence-electron chi connectivity index (χ4n) is 3.73. The molecular weight excluding hydrogens is 309 g/mol. The number of halogens is 2. The summed E-state index contributed by atoms with van der Waals surface area (Å²) in [7, 11) is 0. The van der Waals surface area contributed by atoms with Crippen molar-refractivity contribution < 1.29 is 4.39 Å². The summed E-state index contributed by atoms with van der Waals surface area (Å²) in [6.07, 6.45) is 2.46. The van der Waals surface area contributed by atoms with Crippen LogP contribution in [0.5, 0.6) is 0 Å². The molecule has 2 fully saturated rings. The van der Waals surface area contributed by atoms with Crippen LogP contribution in [0.3, 0.4) is 0 Å². The Bertz CT molecular complexity index is 647. The molecule has 0 amide bonds. The van der Waals surface area contributed by atoms with Crippen LogP contribution in [-0.2, 0) is 6.54 Å². The Morgan fingerprint density at radius 2 is 2.19 bits per heavy atom. The molecular formula is C15H19ClFN3S. The third-order valence-electron chi connectivity index (χ3n) is 4.74. The van der Waals surface area contributed by atoms with Crippen LogP contribution in [0.2, 0.25) is 0 Å². The minimum absolute atomic E-state index is 0. The number of nitrogens with zero attached hydrogens (tertiary/aromatic N) is 2. The molecule has 0 radical (unpaired) electrons. The van der Waals surface area contributed by atoms with E-state index in [0.29, 0.717) is 12.0 Å².